The Balaban J connectivity index is 1.79. The molecule has 0 spiro atoms. The highest BCUT2D eigenvalue weighted by Crippen LogP contribution is 2.32. The fourth-order valence-electron chi connectivity index (χ4n) is 1.17. The van der Waals surface area contributed by atoms with E-state index < -0.39 is 0 Å². The van der Waals surface area contributed by atoms with E-state index in [0.717, 1.165) is 18.9 Å². The highest BCUT2D eigenvalue weighted by atomic mass is 16.5. The van der Waals surface area contributed by atoms with Gasteiger partial charge in [-0.1, -0.05) is 12.8 Å². The summed E-state index contributed by atoms with van der Waals surface area (Å²) in [6.07, 6.45) is 6.92. The Bertz CT molecular complexity index is 286. The van der Waals surface area contributed by atoms with Crippen LogP contribution >= 0.6 is 0 Å². The van der Waals surface area contributed by atoms with Gasteiger partial charge in [-0.15, -0.1) is 0 Å². The second-order valence-electron chi connectivity index (χ2n) is 3.36. The van der Waals surface area contributed by atoms with Gasteiger partial charge in [-0.3, -0.25) is 4.98 Å². The Kier molecular flexibility index (Phi) is 2.29. The van der Waals surface area contributed by atoms with Gasteiger partial charge >= 0.3 is 0 Å². The van der Waals surface area contributed by atoms with E-state index in [1.54, 1.807) is 6.20 Å². The van der Waals surface area contributed by atoms with Crippen LogP contribution in [-0.2, 0) is 0 Å². The number of hydrogen-bond acceptors (Lipinski definition) is 4. The van der Waals surface area contributed by atoms with Gasteiger partial charge in [0.1, 0.15) is 5.82 Å². The topological polar surface area (TPSA) is 61.0 Å². The Labute approximate surface area is 77.1 Å². The zero-order valence-corrected chi connectivity index (χ0v) is 7.44. The van der Waals surface area contributed by atoms with Gasteiger partial charge in [-0.25, -0.2) is 0 Å². The van der Waals surface area contributed by atoms with E-state index in [2.05, 4.69) is 9.97 Å². The average Bonchev–Trinajstić information content (AvgIpc) is 2.88. The minimum atomic E-state index is 0.406. The molecular formula is C9H13N3O. The summed E-state index contributed by atoms with van der Waals surface area (Å²) in [5, 5.41) is 0. The number of ether oxygens (including phenoxy) is 1. The molecule has 2 N–H and O–H groups in total. The van der Waals surface area contributed by atoms with Crippen LogP contribution in [0.15, 0.2) is 12.4 Å². The van der Waals surface area contributed by atoms with Crippen LogP contribution in [0.1, 0.15) is 19.3 Å². The lowest BCUT2D eigenvalue weighted by Crippen LogP contribution is -2.01. The van der Waals surface area contributed by atoms with Crippen LogP contribution in [0.3, 0.4) is 0 Å². The average molecular weight is 179 g/mol. The summed E-state index contributed by atoms with van der Waals surface area (Å²) < 4.78 is 5.38. The number of rotatable bonds is 4. The molecule has 0 amide bonds. The molecule has 0 bridgehead atoms. The Morgan fingerprint density at radius 1 is 1.46 bits per heavy atom. The summed E-state index contributed by atoms with van der Waals surface area (Å²) in [7, 11) is 0. The number of anilines is 1. The van der Waals surface area contributed by atoms with E-state index in [4.69, 9.17) is 10.5 Å². The lowest BCUT2D eigenvalue weighted by molar-refractivity contribution is 0.290. The van der Waals surface area contributed by atoms with Crippen LogP contribution in [0, 0.1) is 5.92 Å². The maximum absolute atomic E-state index is 5.45. The highest BCUT2D eigenvalue weighted by molar-refractivity contribution is 5.25. The summed E-state index contributed by atoms with van der Waals surface area (Å²) in [4.78, 5) is 7.87. The number of nitrogen functional groups attached to an aromatic ring is 1. The van der Waals surface area contributed by atoms with Crippen molar-refractivity contribution in [3.8, 4) is 5.88 Å². The largest absolute Gasteiger partial charge is 0.477 e. The zero-order chi connectivity index (χ0) is 9.10. The maximum atomic E-state index is 5.45. The van der Waals surface area contributed by atoms with Gasteiger partial charge in [-0.2, -0.15) is 4.98 Å². The van der Waals surface area contributed by atoms with Crippen molar-refractivity contribution in [1.29, 1.82) is 0 Å². The van der Waals surface area contributed by atoms with E-state index in [-0.39, 0.29) is 0 Å². The van der Waals surface area contributed by atoms with Gasteiger partial charge < -0.3 is 10.5 Å². The van der Waals surface area contributed by atoms with Crippen LogP contribution in [-0.4, -0.2) is 16.6 Å². The molecule has 0 unspecified atom stereocenters. The molecule has 4 heteroatoms. The molecule has 1 heterocycles. The van der Waals surface area contributed by atoms with Crippen LogP contribution in [0.4, 0.5) is 5.82 Å². The fraction of sp³-hybridized carbons (Fsp3) is 0.556. The molecule has 0 saturated heterocycles. The summed E-state index contributed by atoms with van der Waals surface area (Å²) in [5.41, 5.74) is 5.45. The highest BCUT2D eigenvalue weighted by Gasteiger charge is 2.20. The molecule has 1 aliphatic rings. The van der Waals surface area contributed by atoms with E-state index in [0.29, 0.717) is 11.7 Å². The predicted octanol–water partition coefficient (Wildman–Crippen LogP) is 1.24. The first-order valence-electron chi connectivity index (χ1n) is 4.55. The number of nitrogens with two attached hydrogens (primary N) is 1. The molecule has 1 saturated carbocycles. The molecule has 1 aliphatic carbocycles. The molecule has 13 heavy (non-hydrogen) atoms. The Morgan fingerprint density at radius 2 is 2.31 bits per heavy atom. The normalized spacial score (nSPS) is 15.7. The predicted molar refractivity (Wildman–Crippen MR) is 49.3 cm³/mol. The van der Waals surface area contributed by atoms with E-state index in [1.807, 2.05) is 0 Å². The first-order chi connectivity index (χ1) is 6.34. The van der Waals surface area contributed by atoms with Gasteiger partial charge in [0, 0.05) is 0 Å². The number of nitrogens with zero attached hydrogens (tertiary/aromatic N) is 2. The first kappa shape index (κ1) is 8.29. The summed E-state index contributed by atoms with van der Waals surface area (Å²) in [6, 6.07) is 0. The molecular weight excluding hydrogens is 166 g/mol. The van der Waals surface area contributed by atoms with E-state index >= 15 is 0 Å². The minimum Gasteiger partial charge on any atom is -0.477 e. The van der Waals surface area contributed by atoms with Gasteiger partial charge in [0.15, 0.2) is 0 Å². The second kappa shape index (κ2) is 3.60. The van der Waals surface area contributed by atoms with Crippen molar-refractivity contribution in [2.45, 2.75) is 19.3 Å². The fourth-order valence-corrected chi connectivity index (χ4v) is 1.17. The third kappa shape index (κ3) is 2.57. The van der Waals surface area contributed by atoms with Gasteiger partial charge in [0.25, 0.3) is 0 Å². The van der Waals surface area contributed by atoms with Gasteiger partial charge in [-0.05, 0) is 12.3 Å². The minimum absolute atomic E-state index is 0.406. The lowest BCUT2D eigenvalue weighted by atomic mass is 10.3. The lowest BCUT2D eigenvalue weighted by Gasteiger charge is -2.03. The van der Waals surface area contributed by atoms with Gasteiger partial charge in [0.2, 0.25) is 5.88 Å². The first-order valence-corrected chi connectivity index (χ1v) is 4.55. The Hall–Kier alpha value is -1.32. The number of hydrogen-bond donors (Lipinski definition) is 1. The van der Waals surface area contributed by atoms with Crippen LogP contribution in [0.5, 0.6) is 5.88 Å². The van der Waals surface area contributed by atoms with E-state index in [9.17, 15) is 0 Å². The SMILES string of the molecule is Nc1cncc(OCCC2CC2)n1. The second-order valence-corrected chi connectivity index (χ2v) is 3.36. The smallest absolute Gasteiger partial charge is 0.234 e. The molecule has 0 aromatic carbocycles. The van der Waals surface area contributed by atoms with Crippen molar-refractivity contribution in [3.05, 3.63) is 12.4 Å². The van der Waals surface area contributed by atoms with E-state index in [1.165, 1.54) is 19.0 Å². The molecule has 1 aromatic rings. The van der Waals surface area contributed by atoms with Crippen molar-refractivity contribution in [3.63, 3.8) is 0 Å². The third-order valence-electron chi connectivity index (χ3n) is 2.10. The molecule has 2 rings (SSSR count). The summed E-state index contributed by atoms with van der Waals surface area (Å²) in [5.74, 6) is 1.82. The molecule has 1 fully saturated rings. The van der Waals surface area contributed by atoms with Crippen LogP contribution < -0.4 is 10.5 Å². The van der Waals surface area contributed by atoms with Crippen molar-refractivity contribution < 1.29 is 4.74 Å². The summed E-state index contributed by atoms with van der Waals surface area (Å²) in [6.45, 7) is 0.725. The molecule has 70 valence electrons. The van der Waals surface area contributed by atoms with Crippen molar-refractivity contribution >= 4 is 5.82 Å². The standard InChI is InChI=1S/C9H13N3O/c10-8-5-11-6-9(12-8)13-4-3-7-1-2-7/h5-7H,1-4H2,(H2,10,12). The van der Waals surface area contributed by atoms with Crippen molar-refractivity contribution in [1.82, 2.24) is 9.97 Å². The number of aromatic nitrogens is 2. The maximum Gasteiger partial charge on any atom is 0.234 e. The monoisotopic (exact) mass is 179 g/mol. The quantitative estimate of drug-likeness (QED) is 0.755. The van der Waals surface area contributed by atoms with Crippen molar-refractivity contribution in [2.24, 2.45) is 5.92 Å². The third-order valence-corrected chi connectivity index (χ3v) is 2.10. The van der Waals surface area contributed by atoms with Crippen molar-refractivity contribution in [2.75, 3.05) is 12.3 Å². The van der Waals surface area contributed by atoms with Crippen LogP contribution in [0.2, 0.25) is 0 Å². The zero-order valence-electron chi connectivity index (χ0n) is 7.44. The summed E-state index contributed by atoms with van der Waals surface area (Å²) >= 11 is 0. The van der Waals surface area contributed by atoms with Crippen LogP contribution in [0.25, 0.3) is 0 Å². The molecule has 0 aliphatic heterocycles. The molecule has 0 radical (unpaired) electrons. The Morgan fingerprint density at radius 3 is 3.00 bits per heavy atom. The molecule has 0 atom stereocenters. The van der Waals surface area contributed by atoms with Gasteiger partial charge in [0.05, 0.1) is 19.0 Å². The molecule has 4 nitrogen and oxygen atoms in total. The molecule has 1 aromatic heterocycles.